The van der Waals surface area contributed by atoms with Crippen LogP contribution >= 0.6 is 22.9 Å². The minimum absolute atomic E-state index is 0.0211. The van der Waals surface area contributed by atoms with Crippen molar-refractivity contribution in [2.75, 3.05) is 18.1 Å². The predicted octanol–water partition coefficient (Wildman–Crippen LogP) is 4.59. The van der Waals surface area contributed by atoms with E-state index in [0.29, 0.717) is 17.3 Å². The van der Waals surface area contributed by atoms with Gasteiger partial charge in [0.1, 0.15) is 22.7 Å². The summed E-state index contributed by atoms with van der Waals surface area (Å²) in [5.74, 6) is 1.53. The van der Waals surface area contributed by atoms with Gasteiger partial charge in [0.05, 0.1) is 10.4 Å². The largest absolute Gasteiger partial charge is 0.439 e. The van der Waals surface area contributed by atoms with Crippen LogP contribution in [0.5, 0.6) is 11.6 Å². The number of nitrogens with zero attached hydrogens (tertiary/aromatic N) is 3. The maximum absolute atomic E-state index is 11.6. The summed E-state index contributed by atoms with van der Waals surface area (Å²) in [6.45, 7) is 0.677. The second kappa shape index (κ2) is 8.55. The maximum atomic E-state index is 11.6. The lowest BCUT2D eigenvalue weighted by Crippen LogP contribution is -2.06. The molecule has 7 nitrogen and oxygen atoms in total. The molecule has 0 aliphatic heterocycles. The Kier molecular flexibility index (Phi) is 5.85. The number of benzene rings is 1. The zero-order chi connectivity index (χ0) is 21.1. The summed E-state index contributed by atoms with van der Waals surface area (Å²) >= 11 is 7.72. The van der Waals surface area contributed by atoms with Crippen LogP contribution in [-0.4, -0.2) is 36.2 Å². The van der Waals surface area contributed by atoms with E-state index in [1.807, 2.05) is 29.6 Å². The van der Waals surface area contributed by atoms with Crippen LogP contribution < -0.4 is 10.1 Å². The van der Waals surface area contributed by atoms with Crippen LogP contribution in [0.1, 0.15) is 5.56 Å². The van der Waals surface area contributed by atoms with E-state index in [2.05, 4.69) is 20.3 Å². The molecule has 3 aromatic heterocycles. The average molecular weight is 461 g/mol. The molecular weight excluding hydrogens is 444 g/mol. The summed E-state index contributed by atoms with van der Waals surface area (Å²) in [5.41, 5.74) is 1.11. The van der Waals surface area contributed by atoms with Crippen molar-refractivity contribution in [2.24, 2.45) is 0 Å². The molecule has 0 fully saturated rings. The third-order valence-electron chi connectivity index (χ3n) is 4.26. The van der Waals surface area contributed by atoms with E-state index < -0.39 is 9.84 Å². The van der Waals surface area contributed by atoms with Crippen LogP contribution in [0, 0.1) is 0 Å². The van der Waals surface area contributed by atoms with Crippen molar-refractivity contribution in [1.82, 2.24) is 15.0 Å². The topological polar surface area (TPSA) is 94.1 Å². The Labute approximate surface area is 182 Å². The van der Waals surface area contributed by atoms with Gasteiger partial charge in [-0.15, -0.1) is 11.3 Å². The van der Waals surface area contributed by atoms with Gasteiger partial charge in [-0.1, -0.05) is 29.8 Å². The summed E-state index contributed by atoms with van der Waals surface area (Å²) in [6, 6.07) is 12.2. The number of thiophene rings is 1. The summed E-state index contributed by atoms with van der Waals surface area (Å²) in [7, 11) is -3.39. The van der Waals surface area contributed by atoms with Gasteiger partial charge in [0.15, 0.2) is 14.9 Å². The van der Waals surface area contributed by atoms with Crippen LogP contribution in [0.15, 0.2) is 59.2 Å². The van der Waals surface area contributed by atoms with Crippen LogP contribution in [0.3, 0.4) is 0 Å². The molecule has 0 radical (unpaired) electrons. The maximum Gasteiger partial charge on any atom is 0.220 e. The SMILES string of the molecule is CS(=O)(=O)c1cccc(Oc2ccc(CCNc3ncnc4scc(Cl)c34)cc2)n1. The van der Waals surface area contributed by atoms with Crippen molar-refractivity contribution in [2.45, 2.75) is 11.4 Å². The summed E-state index contributed by atoms with van der Waals surface area (Å²) in [5, 5.41) is 6.63. The lowest BCUT2D eigenvalue weighted by atomic mass is 10.1. The van der Waals surface area contributed by atoms with Gasteiger partial charge in [0.2, 0.25) is 5.88 Å². The van der Waals surface area contributed by atoms with E-state index in [4.69, 9.17) is 16.3 Å². The molecule has 0 saturated carbocycles. The molecule has 0 amide bonds. The first-order chi connectivity index (χ1) is 14.4. The highest BCUT2D eigenvalue weighted by Gasteiger charge is 2.11. The number of hydrogen-bond donors (Lipinski definition) is 1. The first-order valence-electron chi connectivity index (χ1n) is 8.95. The highest BCUT2D eigenvalue weighted by atomic mass is 35.5. The zero-order valence-corrected chi connectivity index (χ0v) is 18.3. The molecular formula is C20H17ClN4O3S2. The molecule has 0 saturated heterocycles. The molecule has 10 heteroatoms. The summed E-state index contributed by atoms with van der Waals surface area (Å²) < 4.78 is 28.9. The minimum atomic E-state index is -3.39. The monoisotopic (exact) mass is 460 g/mol. The van der Waals surface area contributed by atoms with E-state index in [0.717, 1.165) is 34.3 Å². The highest BCUT2D eigenvalue weighted by Crippen LogP contribution is 2.32. The molecule has 3 heterocycles. The van der Waals surface area contributed by atoms with E-state index in [9.17, 15) is 8.42 Å². The van der Waals surface area contributed by atoms with Gasteiger partial charge >= 0.3 is 0 Å². The normalized spacial score (nSPS) is 11.5. The van der Waals surface area contributed by atoms with Crippen molar-refractivity contribution in [1.29, 1.82) is 0 Å². The van der Waals surface area contributed by atoms with E-state index in [1.54, 1.807) is 12.1 Å². The van der Waals surface area contributed by atoms with E-state index in [1.165, 1.54) is 23.7 Å². The minimum Gasteiger partial charge on any atom is -0.439 e. The number of aromatic nitrogens is 3. The van der Waals surface area contributed by atoms with Gasteiger partial charge in [0, 0.05) is 24.2 Å². The van der Waals surface area contributed by atoms with Crippen molar-refractivity contribution in [3.8, 4) is 11.6 Å². The molecule has 0 aliphatic rings. The van der Waals surface area contributed by atoms with Crippen LogP contribution in [0.2, 0.25) is 5.02 Å². The van der Waals surface area contributed by atoms with Crippen LogP contribution in [0.4, 0.5) is 5.82 Å². The number of sulfone groups is 1. The smallest absolute Gasteiger partial charge is 0.220 e. The molecule has 1 aromatic carbocycles. The quantitative estimate of drug-likeness (QED) is 0.431. The Morgan fingerprint density at radius 3 is 2.70 bits per heavy atom. The molecule has 154 valence electrons. The zero-order valence-electron chi connectivity index (χ0n) is 15.9. The lowest BCUT2D eigenvalue weighted by molar-refractivity contribution is 0.457. The van der Waals surface area contributed by atoms with Gasteiger partial charge in [-0.3, -0.25) is 0 Å². The van der Waals surface area contributed by atoms with Gasteiger partial charge in [-0.2, -0.15) is 0 Å². The van der Waals surface area contributed by atoms with E-state index >= 15 is 0 Å². The Balaban J connectivity index is 1.38. The van der Waals surface area contributed by atoms with Crippen LogP contribution in [0.25, 0.3) is 10.2 Å². The molecule has 0 spiro atoms. The average Bonchev–Trinajstić information content (AvgIpc) is 3.11. The summed E-state index contributed by atoms with van der Waals surface area (Å²) in [6.07, 6.45) is 3.41. The number of ether oxygens (including phenoxy) is 1. The van der Waals surface area contributed by atoms with Gasteiger partial charge in [0.25, 0.3) is 0 Å². The third-order valence-corrected chi connectivity index (χ3v) is 6.56. The standard InChI is InChI=1S/C20H17ClN4O3S2/c1-30(26,27)17-4-2-3-16(25-17)28-14-7-5-13(6-8-14)9-10-22-19-18-15(21)11-29-20(18)24-12-23-19/h2-8,11-12H,9-10H2,1H3,(H,22,23,24). The Morgan fingerprint density at radius 1 is 1.13 bits per heavy atom. The fourth-order valence-corrected chi connectivity index (χ4v) is 4.52. The molecule has 0 aliphatic carbocycles. The third kappa shape index (κ3) is 4.69. The molecule has 0 bridgehead atoms. The number of pyridine rings is 1. The molecule has 4 rings (SSSR count). The van der Waals surface area contributed by atoms with Crippen LogP contribution in [-0.2, 0) is 16.3 Å². The number of fused-ring (bicyclic) bond motifs is 1. The number of rotatable bonds is 7. The van der Waals surface area contributed by atoms with Gasteiger partial charge in [-0.05, 0) is 30.2 Å². The Hall–Kier alpha value is -2.75. The fraction of sp³-hybridized carbons (Fsp3) is 0.150. The summed E-state index contributed by atoms with van der Waals surface area (Å²) in [4.78, 5) is 13.4. The highest BCUT2D eigenvalue weighted by molar-refractivity contribution is 7.90. The molecule has 30 heavy (non-hydrogen) atoms. The first-order valence-corrected chi connectivity index (χ1v) is 12.1. The second-order valence-electron chi connectivity index (χ2n) is 6.50. The lowest BCUT2D eigenvalue weighted by Gasteiger charge is -2.09. The van der Waals surface area contributed by atoms with Gasteiger partial charge in [-0.25, -0.2) is 23.4 Å². The number of anilines is 1. The Morgan fingerprint density at radius 2 is 1.93 bits per heavy atom. The number of nitrogens with one attached hydrogen (secondary N) is 1. The molecule has 0 unspecified atom stereocenters. The number of halogens is 1. The number of hydrogen-bond acceptors (Lipinski definition) is 8. The van der Waals surface area contributed by atoms with Crippen molar-refractivity contribution in [3.63, 3.8) is 0 Å². The Bertz CT molecular complexity index is 1290. The predicted molar refractivity (Wildman–Crippen MR) is 118 cm³/mol. The molecule has 4 aromatic rings. The second-order valence-corrected chi connectivity index (χ2v) is 9.72. The van der Waals surface area contributed by atoms with Crippen molar-refractivity contribution >= 4 is 48.8 Å². The van der Waals surface area contributed by atoms with E-state index in [-0.39, 0.29) is 10.9 Å². The molecule has 0 atom stereocenters. The van der Waals surface area contributed by atoms with Gasteiger partial charge < -0.3 is 10.1 Å². The first kappa shape index (κ1) is 20.5. The van der Waals surface area contributed by atoms with Crippen molar-refractivity contribution in [3.05, 3.63) is 64.8 Å². The van der Waals surface area contributed by atoms with Crippen molar-refractivity contribution < 1.29 is 13.2 Å². The fourth-order valence-electron chi connectivity index (χ4n) is 2.80. The molecule has 1 N–H and O–H groups in total.